The number of sulfonamides is 2. The van der Waals surface area contributed by atoms with Crippen molar-refractivity contribution < 1.29 is 55.0 Å². The number of hydrogen-bond donors (Lipinski definition) is 4. The predicted octanol–water partition coefficient (Wildman–Crippen LogP) is 16.7. The number of anilines is 2. The molecule has 8 aliphatic rings. The Labute approximate surface area is 723 Å². The third-order valence-electron chi connectivity index (χ3n) is 27.4. The van der Waals surface area contributed by atoms with Crippen molar-refractivity contribution in [3.05, 3.63) is 262 Å². The van der Waals surface area contributed by atoms with Gasteiger partial charge in [-0.25, -0.2) is 26.3 Å². The summed E-state index contributed by atoms with van der Waals surface area (Å²) in [5.74, 6) is 0.605. The van der Waals surface area contributed by atoms with Gasteiger partial charge in [0.2, 0.25) is 20.0 Å². The number of hydrogen-bond acceptors (Lipinski definition) is 14. The smallest absolute Gasteiger partial charge is 0.264 e. The van der Waals surface area contributed by atoms with Crippen molar-refractivity contribution >= 4 is 104 Å². The van der Waals surface area contributed by atoms with Crippen LogP contribution in [0.4, 0.5) is 11.4 Å². The van der Waals surface area contributed by atoms with Crippen LogP contribution < -0.4 is 49.5 Å². The molecule has 4 aliphatic carbocycles. The number of amides is 2. The van der Waals surface area contributed by atoms with Gasteiger partial charge in [-0.2, -0.15) is 0 Å². The van der Waals surface area contributed by atoms with Gasteiger partial charge in [0.25, 0.3) is 28.4 Å². The van der Waals surface area contributed by atoms with Crippen LogP contribution in [-0.2, 0) is 52.6 Å². The summed E-state index contributed by atoms with van der Waals surface area (Å²) in [5, 5.41) is 26.5. The monoisotopic (exact) mass is 1730 g/mol. The molecule has 120 heavy (non-hydrogen) atoms. The van der Waals surface area contributed by atoms with E-state index in [0.29, 0.717) is 63.7 Å². The lowest BCUT2D eigenvalue weighted by atomic mass is 9.68. The average molecular weight is 1740 g/mol. The number of nitrogens with one attached hydrogen (secondary N) is 2. The standard InChI is InChI=1S/2C49H59ClN2O6SSi/c2*1-34(58-60(48(2,3)4,40-16-7-5-8-17-40)41-18-9-6-10-19-41)28-39-15-11-12-20-45(53)42-24-21-37(42)31-52-32-49(27-13-14-35-29-38(50)23-25-43(35)49)33-57-46-26-22-36(30-44(46)52)47(54)51-59(39,55)56/h2*5-10,12,16-20,22-23,25-26,29-30,34,37,39,42,45,53H,11,13-15,21,24,27-28,31-33H2,1-4H3,(H,51,54)/b2*20-12-/t34-,37-,39+,42+,45-,49-;34-,37-,39-,42+,45-,49-/m00/s1. The summed E-state index contributed by atoms with van der Waals surface area (Å²) in [4.78, 5) is 33.0. The molecule has 16 rings (SSSR count). The highest BCUT2D eigenvalue weighted by atomic mass is 35.5. The van der Waals surface area contributed by atoms with Crippen LogP contribution in [-0.4, -0.2) is 130 Å². The molecular formula is C98H118Cl2N4O12S2Si2. The molecule has 4 bridgehead atoms. The molecule has 8 aromatic rings. The molecule has 636 valence electrons. The van der Waals surface area contributed by atoms with Crippen LogP contribution in [0.2, 0.25) is 20.1 Å². The first-order valence-corrected chi connectivity index (χ1v) is 51.1. The molecule has 22 heteroatoms. The lowest BCUT2D eigenvalue weighted by Gasteiger charge is -2.45. The van der Waals surface area contributed by atoms with E-state index < -0.39 is 83.4 Å². The average Bonchev–Trinajstić information content (AvgIpc) is 1.50. The fourth-order valence-electron chi connectivity index (χ4n) is 21.1. The summed E-state index contributed by atoms with van der Waals surface area (Å²) in [5.41, 5.74) is 6.41. The number of benzene rings is 8. The lowest BCUT2D eigenvalue weighted by Crippen LogP contribution is -2.67. The van der Waals surface area contributed by atoms with Crippen LogP contribution in [0.1, 0.15) is 188 Å². The Balaban J connectivity index is 0.000000187. The molecule has 2 fully saturated rings. The van der Waals surface area contributed by atoms with Gasteiger partial charge in [0.1, 0.15) is 11.5 Å². The van der Waals surface area contributed by atoms with E-state index in [-0.39, 0.29) is 81.4 Å². The Hall–Kier alpha value is -7.87. The minimum atomic E-state index is -4.20. The van der Waals surface area contributed by atoms with Gasteiger partial charge in [-0.1, -0.05) is 223 Å². The van der Waals surface area contributed by atoms with Crippen LogP contribution in [0.5, 0.6) is 11.5 Å². The van der Waals surface area contributed by atoms with E-state index in [0.717, 1.165) is 106 Å². The third-order valence-corrected chi connectivity index (χ3v) is 41.8. The molecule has 2 amide bonds. The van der Waals surface area contributed by atoms with Gasteiger partial charge in [-0.15, -0.1) is 0 Å². The maximum Gasteiger partial charge on any atom is 0.264 e. The predicted molar refractivity (Wildman–Crippen MR) is 488 cm³/mol. The van der Waals surface area contributed by atoms with Gasteiger partial charge in [0.05, 0.1) is 47.3 Å². The van der Waals surface area contributed by atoms with Crippen molar-refractivity contribution in [3.8, 4) is 11.5 Å². The van der Waals surface area contributed by atoms with Crippen LogP contribution in [0.3, 0.4) is 0 Å². The molecule has 4 aliphatic heterocycles. The number of ether oxygens (including phenoxy) is 2. The zero-order valence-corrected chi connectivity index (χ0v) is 75.7. The van der Waals surface area contributed by atoms with E-state index in [1.165, 1.54) is 22.3 Å². The van der Waals surface area contributed by atoms with Crippen molar-refractivity contribution in [3.63, 3.8) is 0 Å². The van der Waals surface area contributed by atoms with E-state index in [2.05, 4.69) is 134 Å². The number of aliphatic hydroxyl groups excluding tert-OH is 2. The lowest BCUT2D eigenvalue weighted by molar-refractivity contribution is 0.0454. The number of carbonyl (C=O) groups excluding carboxylic acids is 2. The van der Waals surface area contributed by atoms with E-state index in [1.54, 1.807) is 24.3 Å². The van der Waals surface area contributed by atoms with E-state index >= 15 is 0 Å². The number of nitrogens with zero attached hydrogens (tertiary/aromatic N) is 2. The van der Waals surface area contributed by atoms with Gasteiger partial charge >= 0.3 is 0 Å². The molecule has 2 saturated carbocycles. The number of aryl methyl sites for hydroxylation is 2. The second-order valence-electron chi connectivity index (χ2n) is 37.4. The van der Waals surface area contributed by atoms with Crippen LogP contribution in [0, 0.1) is 23.7 Å². The van der Waals surface area contributed by atoms with Crippen LogP contribution in [0.15, 0.2) is 218 Å². The maximum absolute atomic E-state index is 14.5. The second-order valence-corrected chi connectivity index (χ2v) is 50.7. The number of aliphatic hydroxyl groups is 2. The van der Waals surface area contributed by atoms with E-state index in [9.17, 15) is 36.6 Å². The minimum absolute atomic E-state index is 0.0704. The summed E-state index contributed by atoms with van der Waals surface area (Å²) >= 11 is 13.0. The largest absolute Gasteiger partial charge is 0.490 e. The Kier molecular flexibility index (Phi) is 25.9. The molecule has 2 spiro atoms. The fourth-order valence-corrected chi connectivity index (χ4v) is 34.0. The highest BCUT2D eigenvalue weighted by molar-refractivity contribution is 7.91. The molecule has 0 saturated heterocycles. The Morgan fingerprint density at radius 3 is 1.18 bits per heavy atom. The molecule has 4 N–H and O–H groups in total. The van der Waals surface area contributed by atoms with Gasteiger partial charge < -0.3 is 38.3 Å². The molecule has 0 aromatic heterocycles. The van der Waals surface area contributed by atoms with Gasteiger partial charge in [-0.3, -0.25) is 9.59 Å². The van der Waals surface area contributed by atoms with Crippen molar-refractivity contribution in [2.75, 3.05) is 49.2 Å². The first kappa shape index (κ1) is 87.0. The summed E-state index contributed by atoms with van der Waals surface area (Å²) in [6, 6.07) is 64.2. The van der Waals surface area contributed by atoms with E-state index in [1.807, 2.05) is 135 Å². The van der Waals surface area contributed by atoms with Gasteiger partial charge in [-0.05, 0) is 254 Å². The second kappa shape index (κ2) is 35.8. The highest BCUT2D eigenvalue weighted by Crippen LogP contribution is 2.51. The zero-order chi connectivity index (χ0) is 84.6. The minimum Gasteiger partial charge on any atom is -0.490 e. The first-order chi connectivity index (χ1) is 57.4. The van der Waals surface area contributed by atoms with Gasteiger partial charge in [0.15, 0.2) is 0 Å². The van der Waals surface area contributed by atoms with Gasteiger partial charge in [0, 0.05) is 70.4 Å². The first-order valence-electron chi connectivity index (χ1n) is 43.4. The quantitative estimate of drug-likeness (QED) is 0.0663. The molecule has 0 radical (unpaired) electrons. The number of halogens is 2. The summed E-state index contributed by atoms with van der Waals surface area (Å²) < 4.78 is 91.0. The summed E-state index contributed by atoms with van der Waals surface area (Å²) in [7, 11) is -14.4. The van der Waals surface area contributed by atoms with Crippen LogP contribution >= 0.6 is 23.2 Å². The number of fused-ring (bicyclic) bond motifs is 8. The van der Waals surface area contributed by atoms with E-state index in [4.69, 9.17) is 41.5 Å². The third kappa shape index (κ3) is 18.0. The van der Waals surface area contributed by atoms with Crippen molar-refractivity contribution in [1.29, 1.82) is 0 Å². The van der Waals surface area contributed by atoms with Crippen molar-refractivity contribution in [2.24, 2.45) is 23.7 Å². The zero-order valence-electron chi connectivity index (χ0n) is 70.6. The Morgan fingerprint density at radius 1 is 0.492 bits per heavy atom. The molecule has 4 heterocycles. The normalized spacial score (nSPS) is 26.6. The summed E-state index contributed by atoms with van der Waals surface area (Å²) in [6.45, 7) is 20.8. The van der Waals surface area contributed by atoms with Crippen LogP contribution in [0.25, 0.3) is 0 Å². The molecule has 8 aromatic carbocycles. The maximum atomic E-state index is 14.5. The van der Waals surface area contributed by atoms with Crippen molar-refractivity contribution in [1.82, 2.24) is 9.44 Å². The number of rotatable bonds is 12. The van der Waals surface area contributed by atoms with Crippen molar-refractivity contribution in [2.45, 2.75) is 214 Å². The SMILES string of the molecule is C[C@@H](C[C@@H]1CC/C=C\[C@H](O)[C@@H]2CC[C@H]2CN2C[C@@]3(CCCc4cc(Cl)ccc43)COc3ccc(cc32)C(=O)NS1(=O)=O)O[Si](c1ccccc1)(c1ccccc1)C(C)(C)C.C[C@@H](C[C@H]1CC/C=C\[C@H](O)[C@@H]2CC[C@H]2CN2C[C@@]3(CCCc4cc(Cl)ccc43)COc3ccc(cc32)C(=O)NS1(=O)=O)O[Si](c1ccccc1)(c1ccccc1)C(C)(C)C. The highest BCUT2D eigenvalue weighted by Gasteiger charge is 2.54. The Bertz CT molecular complexity index is 4880. The number of allylic oxidation sites excluding steroid dienone is 2. The Morgan fingerprint density at radius 2 is 0.850 bits per heavy atom. The fraction of sp³-hybridized carbons (Fsp3) is 0.449. The molecule has 12 atom stereocenters. The molecular weight excluding hydrogens is 1620 g/mol. The summed E-state index contributed by atoms with van der Waals surface area (Å²) in [6.07, 6.45) is 16.6. The topological polar surface area (TPSA) is 210 Å². The molecule has 16 nitrogen and oxygen atoms in total. The number of carbonyl (C=O) groups is 2. The molecule has 0 unspecified atom stereocenters.